The molecule has 2 aromatic rings. The summed E-state index contributed by atoms with van der Waals surface area (Å²) in [5, 5.41) is 6.22. The number of aromatic nitrogens is 1. The van der Waals surface area contributed by atoms with E-state index < -0.39 is 0 Å². The first-order chi connectivity index (χ1) is 7.66. The number of aryl methyl sites for hydroxylation is 1. The number of halogens is 1. The van der Waals surface area contributed by atoms with Gasteiger partial charge in [-0.25, -0.2) is 9.37 Å². The van der Waals surface area contributed by atoms with Crippen LogP contribution >= 0.6 is 11.3 Å². The maximum Gasteiger partial charge on any atom is 0.128 e. The highest BCUT2D eigenvalue weighted by Gasteiger charge is 2.04. The molecule has 0 aliphatic carbocycles. The number of nitrogens with zero attached hydrogens (tertiary/aromatic N) is 1. The van der Waals surface area contributed by atoms with Gasteiger partial charge in [0.15, 0.2) is 0 Å². The molecule has 0 atom stereocenters. The van der Waals surface area contributed by atoms with E-state index in [4.69, 9.17) is 0 Å². The van der Waals surface area contributed by atoms with Gasteiger partial charge in [0.1, 0.15) is 10.8 Å². The Morgan fingerprint density at radius 2 is 2.19 bits per heavy atom. The van der Waals surface area contributed by atoms with Crippen LogP contribution in [-0.2, 0) is 6.54 Å². The first-order valence-corrected chi connectivity index (χ1v) is 5.95. The van der Waals surface area contributed by atoms with Gasteiger partial charge in [-0.3, -0.25) is 0 Å². The maximum atomic E-state index is 13.3. The van der Waals surface area contributed by atoms with E-state index in [-0.39, 0.29) is 5.82 Å². The number of hydrogen-bond acceptors (Lipinski definition) is 3. The molecular weight excluding hydrogens is 223 g/mol. The summed E-state index contributed by atoms with van der Waals surface area (Å²) in [7, 11) is 0. The zero-order valence-corrected chi connectivity index (χ0v) is 10.1. The third-order valence-corrected chi connectivity index (χ3v) is 3.33. The van der Waals surface area contributed by atoms with Crippen molar-refractivity contribution in [2.24, 2.45) is 0 Å². The molecule has 0 unspecified atom stereocenters. The van der Waals surface area contributed by atoms with Crippen molar-refractivity contribution >= 4 is 17.0 Å². The van der Waals surface area contributed by atoms with Gasteiger partial charge in [-0.05, 0) is 26.0 Å². The Bertz CT molecular complexity index is 494. The number of nitrogens with one attached hydrogen (secondary N) is 1. The Hall–Kier alpha value is -1.42. The fraction of sp³-hybridized carbons (Fsp3) is 0.250. The summed E-state index contributed by atoms with van der Waals surface area (Å²) in [5.74, 6) is -0.180. The SMILES string of the molecule is Cc1csc(CNc2cccc(F)c2C)n1. The van der Waals surface area contributed by atoms with E-state index in [1.165, 1.54) is 6.07 Å². The Morgan fingerprint density at radius 3 is 2.88 bits per heavy atom. The third-order valence-electron chi connectivity index (χ3n) is 2.36. The predicted octanol–water partition coefficient (Wildman–Crippen LogP) is 3.51. The molecule has 0 radical (unpaired) electrons. The molecule has 0 saturated carbocycles. The molecule has 0 amide bonds. The van der Waals surface area contributed by atoms with Gasteiger partial charge in [-0.2, -0.15) is 0 Å². The van der Waals surface area contributed by atoms with Gasteiger partial charge >= 0.3 is 0 Å². The minimum Gasteiger partial charge on any atom is -0.378 e. The molecule has 0 aliphatic heterocycles. The molecule has 84 valence electrons. The average Bonchev–Trinajstić information content (AvgIpc) is 2.67. The normalized spacial score (nSPS) is 10.4. The second kappa shape index (κ2) is 4.61. The van der Waals surface area contributed by atoms with E-state index in [9.17, 15) is 4.39 Å². The van der Waals surface area contributed by atoms with E-state index in [1.54, 1.807) is 24.3 Å². The number of hydrogen-bond donors (Lipinski definition) is 1. The van der Waals surface area contributed by atoms with Gasteiger partial charge in [-0.1, -0.05) is 6.07 Å². The van der Waals surface area contributed by atoms with Crippen molar-refractivity contribution in [3.8, 4) is 0 Å². The molecule has 0 aliphatic rings. The van der Waals surface area contributed by atoms with Crippen LogP contribution in [0.4, 0.5) is 10.1 Å². The van der Waals surface area contributed by atoms with Crippen molar-refractivity contribution in [2.45, 2.75) is 20.4 Å². The van der Waals surface area contributed by atoms with Crippen LogP contribution in [0.2, 0.25) is 0 Å². The summed E-state index contributed by atoms with van der Waals surface area (Å²) in [5.41, 5.74) is 2.50. The molecule has 0 fully saturated rings. The van der Waals surface area contributed by atoms with E-state index >= 15 is 0 Å². The Balaban J connectivity index is 2.07. The van der Waals surface area contributed by atoms with Crippen LogP contribution in [-0.4, -0.2) is 4.98 Å². The summed E-state index contributed by atoms with van der Waals surface area (Å²) in [6.45, 7) is 4.38. The van der Waals surface area contributed by atoms with Crippen molar-refractivity contribution in [3.63, 3.8) is 0 Å². The van der Waals surface area contributed by atoms with E-state index in [0.717, 1.165) is 16.4 Å². The monoisotopic (exact) mass is 236 g/mol. The van der Waals surface area contributed by atoms with E-state index in [1.807, 2.05) is 18.4 Å². The predicted molar refractivity (Wildman–Crippen MR) is 65.3 cm³/mol. The van der Waals surface area contributed by atoms with Gasteiger partial charge < -0.3 is 5.32 Å². The average molecular weight is 236 g/mol. The van der Waals surface area contributed by atoms with Crippen molar-refractivity contribution in [2.75, 3.05) is 5.32 Å². The molecule has 2 nitrogen and oxygen atoms in total. The van der Waals surface area contributed by atoms with Crippen molar-refractivity contribution in [1.82, 2.24) is 4.98 Å². The number of rotatable bonds is 3. The summed E-state index contributed by atoms with van der Waals surface area (Å²) in [4.78, 5) is 4.34. The van der Waals surface area contributed by atoms with Gasteiger partial charge in [0.25, 0.3) is 0 Å². The Morgan fingerprint density at radius 1 is 1.38 bits per heavy atom. The number of benzene rings is 1. The van der Waals surface area contributed by atoms with E-state index in [0.29, 0.717) is 12.1 Å². The van der Waals surface area contributed by atoms with Crippen LogP contribution in [0.5, 0.6) is 0 Å². The lowest BCUT2D eigenvalue weighted by Gasteiger charge is -2.08. The molecule has 0 spiro atoms. The lowest BCUT2D eigenvalue weighted by Crippen LogP contribution is -2.01. The van der Waals surface area contributed by atoms with Crippen molar-refractivity contribution in [1.29, 1.82) is 0 Å². The third kappa shape index (κ3) is 2.39. The second-order valence-corrected chi connectivity index (χ2v) is 4.59. The summed E-state index contributed by atoms with van der Waals surface area (Å²) >= 11 is 1.61. The highest BCUT2D eigenvalue weighted by Crippen LogP contribution is 2.19. The van der Waals surface area contributed by atoms with E-state index in [2.05, 4.69) is 10.3 Å². The lowest BCUT2D eigenvalue weighted by atomic mass is 10.2. The van der Waals surface area contributed by atoms with Gasteiger partial charge in [0.2, 0.25) is 0 Å². The summed E-state index contributed by atoms with van der Waals surface area (Å²) < 4.78 is 13.3. The first kappa shape index (κ1) is 11.1. The van der Waals surface area contributed by atoms with Crippen molar-refractivity contribution < 1.29 is 4.39 Å². The molecule has 16 heavy (non-hydrogen) atoms. The maximum absolute atomic E-state index is 13.3. The smallest absolute Gasteiger partial charge is 0.128 e. The fourth-order valence-electron chi connectivity index (χ4n) is 1.45. The zero-order valence-electron chi connectivity index (χ0n) is 9.25. The molecule has 4 heteroatoms. The lowest BCUT2D eigenvalue weighted by molar-refractivity contribution is 0.619. The van der Waals surface area contributed by atoms with Crippen LogP contribution in [0.15, 0.2) is 23.6 Å². The van der Waals surface area contributed by atoms with Crippen LogP contribution in [0.1, 0.15) is 16.3 Å². The standard InChI is InChI=1S/C12H13FN2S/c1-8-7-16-12(15-8)6-14-11-5-3-4-10(13)9(11)2/h3-5,7,14H,6H2,1-2H3. The van der Waals surface area contributed by atoms with Crippen LogP contribution in [0.25, 0.3) is 0 Å². The largest absolute Gasteiger partial charge is 0.378 e. The molecular formula is C12H13FN2S. The Labute approximate surface area is 98.2 Å². The minimum atomic E-state index is -0.180. The van der Waals surface area contributed by atoms with Crippen molar-refractivity contribution in [3.05, 3.63) is 45.7 Å². The summed E-state index contributed by atoms with van der Waals surface area (Å²) in [6, 6.07) is 5.05. The molecule has 1 N–H and O–H groups in total. The zero-order chi connectivity index (χ0) is 11.5. The quantitative estimate of drug-likeness (QED) is 0.882. The molecule has 2 rings (SSSR count). The Kier molecular flexibility index (Phi) is 3.19. The van der Waals surface area contributed by atoms with Crippen LogP contribution in [0.3, 0.4) is 0 Å². The first-order valence-electron chi connectivity index (χ1n) is 5.07. The summed E-state index contributed by atoms with van der Waals surface area (Å²) in [6.07, 6.45) is 0. The molecule has 0 bridgehead atoms. The topological polar surface area (TPSA) is 24.9 Å². The minimum absolute atomic E-state index is 0.180. The van der Waals surface area contributed by atoms with Gasteiger partial charge in [-0.15, -0.1) is 11.3 Å². The fourth-order valence-corrected chi connectivity index (χ4v) is 2.17. The second-order valence-electron chi connectivity index (χ2n) is 3.65. The molecule has 1 aromatic heterocycles. The molecule has 1 aromatic carbocycles. The number of anilines is 1. The van der Waals surface area contributed by atoms with Crippen LogP contribution < -0.4 is 5.32 Å². The van der Waals surface area contributed by atoms with Crippen LogP contribution in [0, 0.1) is 19.7 Å². The highest BCUT2D eigenvalue weighted by molar-refractivity contribution is 7.09. The molecule has 1 heterocycles. The van der Waals surface area contributed by atoms with Gasteiger partial charge in [0.05, 0.1) is 6.54 Å². The highest BCUT2D eigenvalue weighted by atomic mass is 32.1. The molecule has 0 saturated heterocycles. The van der Waals surface area contributed by atoms with Gasteiger partial charge in [0, 0.05) is 22.3 Å². The number of thiazole rings is 1.